The van der Waals surface area contributed by atoms with Crippen LogP contribution in [-0.2, 0) is 0 Å². The molecule has 0 aliphatic rings. The third kappa shape index (κ3) is 12.0. The molecule has 0 N–H and O–H groups in total. The van der Waals surface area contributed by atoms with Crippen LogP contribution in [0.5, 0.6) is 0 Å². The minimum absolute atomic E-state index is 1.05. The van der Waals surface area contributed by atoms with Crippen molar-refractivity contribution in [3.05, 3.63) is 361 Å². The fraction of sp³-hybridized carbons (Fsp3) is 0. The van der Waals surface area contributed by atoms with Crippen LogP contribution in [0.3, 0.4) is 0 Å². The van der Waals surface area contributed by atoms with E-state index in [1.807, 2.05) is 0 Å². The first-order valence-electron chi connectivity index (χ1n) is 27.8. The highest BCUT2D eigenvalue weighted by molar-refractivity contribution is 5.94. The van der Waals surface area contributed by atoms with Crippen LogP contribution in [0, 0.1) is 0 Å². The van der Waals surface area contributed by atoms with Gasteiger partial charge >= 0.3 is 0 Å². The van der Waals surface area contributed by atoms with Crippen molar-refractivity contribution in [2.75, 3.05) is 19.6 Å². The molecule has 4 heteroatoms. The van der Waals surface area contributed by atoms with Gasteiger partial charge in [0.15, 0.2) is 0 Å². The zero-order chi connectivity index (χ0) is 55.1. The Morgan fingerprint density at radius 1 is 0.159 bits per heavy atom. The van der Waals surface area contributed by atoms with Gasteiger partial charge in [0.25, 0.3) is 0 Å². The van der Waals surface area contributed by atoms with Crippen molar-refractivity contribution in [2.45, 2.75) is 0 Å². The predicted molar refractivity (Wildman–Crippen MR) is 351 cm³/mol. The van der Waals surface area contributed by atoms with Crippen LogP contribution in [0.1, 0.15) is 33.4 Å². The Balaban J connectivity index is 0.983. The van der Waals surface area contributed by atoms with Gasteiger partial charge in [-0.15, -0.1) is 0 Å². The van der Waals surface area contributed by atoms with Gasteiger partial charge in [0.1, 0.15) is 0 Å². The number of para-hydroxylation sites is 8. The largest absolute Gasteiger partial charge is 0.311 e. The molecule has 12 rings (SSSR count). The van der Waals surface area contributed by atoms with E-state index in [2.05, 4.69) is 384 Å². The fourth-order valence-corrected chi connectivity index (χ4v) is 10.5. The van der Waals surface area contributed by atoms with Crippen LogP contribution < -0.4 is 19.6 Å². The summed E-state index contributed by atoms with van der Waals surface area (Å²) < 4.78 is 0. The summed E-state index contributed by atoms with van der Waals surface area (Å²) in [5.41, 5.74) is 19.5. The van der Waals surface area contributed by atoms with E-state index >= 15 is 0 Å². The lowest BCUT2D eigenvalue weighted by molar-refractivity contribution is 1.27. The number of nitrogens with zero attached hydrogens (tertiary/aromatic N) is 4. The van der Waals surface area contributed by atoms with E-state index in [-0.39, 0.29) is 0 Å². The maximum atomic E-state index is 2.37. The van der Waals surface area contributed by atoms with E-state index in [4.69, 9.17) is 0 Å². The molecule has 0 saturated heterocycles. The molecule has 0 spiro atoms. The van der Waals surface area contributed by atoms with Crippen LogP contribution in [0.2, 0.25) is 0 Å². The minimum Gasteiger partial charge on any atom is -0.311 e. The Morgan fingerprint density at radius 2 is 0.378 bits per heavy atom. The second-order valence-electron chi connectivity index (χ2n) is 19.8. The van der Waals surface area contributed by atoms with Gasteiger partial charge in [0.2, 0.25) is 0 Å². The Hall–Kier alpha value is -10.9. The molecule has 82 heavy (non-hydrogen) atoms. The molecule has 0 atom stereocenters. The Labute approximate surface area is 482 Å². The molecule has 0 fully saturated rings. The second-order valence-corrected chi connectivity index (χ2v) is 19.8. The summed E-state index contributed by atoms with van der Waals surface area (Å²) in [4.78, 5) is 9.25. The van der Waals surface area contributed by atoms with Crippen LogP contribution in [0.15, 0.2) is 328 Å². The van der Waals surface area contributed by atoms with Gasteiger partial charge in [0.05, 0.1) is 5.69 Å². The number of hydrogen-bond donors (Lipinski definition) is 0. The van der Waals surface area contributed by atoms with Gasteiger partial charge in [-0.25, -0.2) is 0 Å². The first-order chi connectivity index (χ1) is 40.7. The molecule has 0 aromatic heterocycles. The monoisotopic (exact) mass is 1050 g/mol. The Bertz CT molecular complexity index is 3870. The summed E-state index contributed by atoms with van der Waals surface area (Å²) in [5.74, 6) is 0. The predicted octanol–water partition coefficient (Wildman–Crippen LogP) is 22.1. The van der Waals surface area contributed by atoms with Crippen LogP contribution in [-0.4, -0.2) is 0 Å². The van der Waals surface area contributed by atoms with Crippen molar-refractivity contribution in [1.82, 2.24) is 0 Å². The highest BCUT2D eigenvalue weighted by atomic mass is 15.2. The molecular formula is C78H60N4. The summed E-state index contributed by atoms with van der Waals surface area (Å²) in [5, 5.41) is 0. The Kier molecular flexibility index (Phi) is 15.9. The third-order valence-corrected chi connectivity index (χ3v) is 14.4. The van der Waals surface area contributed by atoms with Crippen LogP contribution >= 0.6 is 0 Å². The summed E-state index contributed by atoms with van der Waals surface area (Å²) in [6, 6.07) is 116. The zero-order valence-corrected chi connectivity index (χ0v) is 45.4. The lowest BCUT2D eigenvalue weighted by Gasteiger charge is -2.28. The third-order valence-electron chi connectivity index (χ3n) is 14.4. The van der Waals surface area contributed by atoms with Crippen molar-refractivity contribution >= 4 is 105 Å². The molecule has 0 unspecified atom stereocenters. The number of rotatable bonds is 18. The SMILES string of the molecule is C(=Cc1ccc(N(c2ccccc2)c2ccccc2)c(C=Cc2ccc(N(c3ccccc3)c3ccccc3)cc2)c1C=Cc1ccc(N(c2ccccc2)c2ccccc2)cc1)c1ccc(N(c2ccccc2)c2ccccc2)cc1. The molecule has 0 radical (unpaired) electrons. The molecule has 0 amide bonds. The summed E-state index contributed by atoms with van der Waals surface area (Å²) >= 11 is 0. The van der Waals surface area contributed by atoms with E-state index < -0.39 is 0 Å². The quantitative estimate of drug-likeness (QED) is 0.0794. The molecular weight excluding hydrogens is 993 g/mol. The number of anilines is 12. The van der Waals surface area contributed by atoms with Crippen molar-refractivity contribution in [3.63, 3.8) is 0 Å². The standard InChI is InChI=1S/C78H60N4/c1-9-25-65(26-10-1)79(66-27-11-2-12-28-66)73-52-42-61(43-53-73)41-50-64-51-60-78(82(71-37-21-7-22-38-71)72-39-23-8-24-40-72)77(59-49-63-46-56-75(57-47-63)81(69-33-17-5-18-34-69)70-35-19-6-20-36-70)76(64)58-48-62-44-54-74(55-45-62)80(67-29-13-3-14-30-67)68-31-15-4-16-32-68/h1-60H. The minimum atomic E-state index is 1.05. The summed E-state index contributed by atoms with van der Waals surface area (Å²) in [6.07, 6.45) is 13.6. The zero-order valence-electron chi connectivity index (χ0n) is 45.4. The maximum absolute atomic E-state index is 2.37. The Morgan fingerprint density at radius 3 is 0.646 bits per heavy atom. The van der Waals surface area contributed by atoms with Crippen molar-refractivity contribution in [3.8, 4) is 0 Å². The number of benzene rings is 12. The van der Waals surface area contributed by atoms with Gasteiger partial charge in [-0.1, -0.05) is 225 Å². The molecule has 0 saturated carbocycles. The first-order valence-corrected chi connectivity index (χ1v) is 27.8. The van der Waals surface area contributed by atoms with Gasteiger partial charge in [-0.05, 0) is 167 Å². The first kappa shape index (κ1) is 51.8. The van der Waals surface area contributed by atoms with Crippen LogP contribution in [0.4, 0.5) is 68.2 Å². The van der Waals surface area contributed by atoms with Gasteiger partial charge < -0.3 is 19.6 Å². The molecule has 4 nitrogen and oxygen atoms in total. The molecule has 0 heterocycles. The van der Waals surface area contributed by atoms with E-state index in [0.717, 1.165) is 102 Å². The average Bonchev–Trinajstić information content (AvgIpc) is 3.70. The lowest BCUT2D eigenvalue weighted by atomic mass is 9.94. The summed E-state index contributed by atoms with van der Waals surface area (Å²) in [6.45, 7) is 0. The molecule has 0 bridgehead atoms. The van der Waals surface area contributed by atoms with Crippen LogP contribution in [0.25, 0.3) is 36.5 Å². The average molecular weight is 1050 g/mol. The lowest BCUT2D eigenvalue weighted by Crippen LogP contribution is -2.12. The van der Waals surface area contributed by atoms with Crippen molar-refractivity contribution < 1.29 is 0 Å². The molecule has 12 aromatic rings. The second kappa shape index (κ2) is 25.2. The maximum Gasteiger partial charge on any atom is 0.0540 e. The van der Waals surface area contributed by atoms with E-state index in [0.29, 0.717) is 0 Å². The smallest absolute Gasteiger partial charge is 0.0540 e. The van der Waals surface area contributed by atoms with Gasteiger partial charge in [-0.2, -0.15) is 0 Å². The molecule has 392 valence electrons. The van der Waals surface area contributed by atoms with Crippen molar-refractivity contribution in [2.24, 2.45) is 0 Å². The van der Waals surface area contributed by atoms with Crippen molar-refractivity contribution in [1.29, 1.82) is 0 Å². The molecule has 0 aliphatic carbocycles. The van der Waals surface area contributed by atoms with Gasteiger partial charge in [-0.3, -0.25) is 0 Å². The summed E-state index contributed by atoms with van der Waals surface area (Å²) in [7, 11) is 0. The fourth-order valence-electron chi connectivity index (χ4n) is 10.5. The molecule has 0 aliphatic heterocycles. The highest BCUT2D eigenvalue weighted by Crippen LogP contribution is 2.42. The van der Waals surface area contributed by atoms with E-state index in [9.17, 15) is 0 Å². The van der Waals surface area contributed by atoms with E-state index in [1.54, 1.807) is 0 Å². The normalized spacial score (nSPS) is 11.3. The number of hydrogen-bond acceptors (Lipinski definition) is 4. The highest BCUT2D eigenvalue weighted by Gasteiger charge is 2.20. The topological polar surface area (TPSA) is 13.0 Å². The molecule has 12 aromatic carbocycles. The van der Waals surface area contributed by atoms with E-state index in [1.165, 1.54) is 0 Å². The van der Waals surface area contributed by atoms with Gasteiger partial charge in [0, 0.05) is 68.1 Å².